The van der Waals surface area contributed by atoms with Gasteiger partial charge in [0.25, 0.3) is 0 Å². The Morgan fingerprint density at radius 2 is 1.92 bits per heavy atom. The van der Waals surface area contributed by atoms with Crippen molar-refractivity contribution in [3.05, 3.63) is 61.2 Å². The van der Waals surface area contributed by atoms with Crippen LogP contribution in [0.1, 0.15) is 19.5 Å². The number of fused-ring (bicyclic) bond motifs is 2. The third kappa shape index (κ3) is 3.76. The Balaban J connectivity index is 1.41. The molecule has 11 nitrogen and oxygen atoms in total. The highest BCUT2D eigenvalue weighted by Crippen LogP contribution is 2.30. The number of imidazole rings is 2. The third-order valence-corrected chi connectivity index (χ3v) is 5.86. The van der Waals surface area contributed by atoms with Crippen molar-refractivity contribution in [2.75, 3.05) is 5.32 Å². The van der Waals surface area contributed by atoms with Gasteiger partial charge in [0.15, 0.2) is 17.1 Å². The molecule has 178 valence electrons. The monoisotopic (exact) mass is 478 g/mol. The van der Waals surface area contributed by atoms with Gasteiger partial charge >= 0.3 is 0 Å². The fourth-order valence-electron chi connectivity index (χ4n) is 3.97. The highest BCUT2D eigenvalue weighted by atomic mass is 16.1. The smallest absolute Gasteiger partial charge is 0.226 e. The standard InChI is InChI=1S/C25H22N10O/c1-13(2)25(36)30-17-6-15(8-26-10-17)16-7-18-20(33-34-22(18)28-9-16)24-31-21-19(4-5-27-23(21)32-24)35-11-14(3)29-12-35/h4-13H,1-3H3,(H,30,36)(H,27,31,32)(H,28,33,34). The van der Waals surface area contributed by atoms with E-state index in [0.29, 0.717) is 34.0 Å². The lowest BCUT2D eigenvalue weighted by molar-refractivity contribution is -0.118. The quantitative estimate of drug-likeness (QED) is 0.339. The molecule has 11 heteroatoms. The number of pyridine rings is 3. The fourth-order valence-corrected chi connectivity index (χ4v) is 3.97. The van der Waals surface area contributed by atoms with Crippen LogP contribution < -0.4 is 5.32 Å². The third-order valence-electron chi connectivity index (χ3n) is 5.86. The summed E-state index contributed by atoms with van der Waals surface area (Å²) in [5.41, 5.74) is 6.68. The lowest BCUT2D eigenvalue weighted by Gasteiger charge is -2.09. The largest absolute Gasteiger partial charge is 0.324 e. The molecule has 36 heavy (non-hydrogen) atoms. The number of hydrogen-bond acceptors (Lipinski definition) is 7. The predicted octanol–water partition coefficient (Wildman–Crippen LogP) is 4.05. The highest BCUT2D eigenvalue weighted by molar-refractivity contribution is 5.95. The van der Waals surface area contributed by atoms with E-state index >= 15 is 0 Å². The average molecular weight is 479 g/mol. The topological polar surface area (TPSA) is 143 Å². The number of anilines is 1. The SMILES string of the molecule is Cc1cn(-c2ccnc3[nH]c(-c4n[nH]c5ncc(-c6cncc(NC(=O)C(C)C)c6)cc45)nc23)cn1. The van der Waals surface area contributed by atoms with Gasteiger partial charge in [0.1, 0.15) is 11.2 Å². The number of nitrogens with zero attached hydrogens (tertiary/aromatic N) is 7. The second-order valence-electron chi connectivity index (χ2n) is 8.83. The molecule has 0 fully saturated rings. The van der Waals surface area contributed by atoms with Gasteiger partial charge in [-0.3, -0.25) is 14.9 Å². The van der Waals surface area contributed by atoms with Crippen molar-refractivity contribution < 1.29 is 4.79 Å². The molecular weight excluding hydrogens is 456 g/mol. The summed E-state index contributed by atoms with van der Waals surface area (Å²) in [5.74, 6) is 0.378. The molecule has 0 spiro atoms. The van der Waals surface area contributed by atoms with Gasteiger partial charge in [0.05, 0.1) is 35.0 Å². The molecule has 0 aromatic carbocycles. The number of H-pyrrole nitrogens is 2. The van der Waals surface area contributed by atoms with Gasteiger partial charge in [-0.15, -0.1) is 0 Å². The van der Waals surface area contributed by atoms with Gasteiger partial charge in [-0.25, -0.2) is 19.9 Å². The molecule has 0 unspecified atom stereocenters. The number of aryl methyl sites for hydroxylation is 1. The summed E-state index contributed by atoms with van der Waals surface area (Å²) >= 11 is 0. The van der Waals surface area contributed by atoms with Crippen molar-refractivity contribution in [3.8, 4) is 28.3 Å². The molecule has 0 bridgehead atoms. The second kappa shape index (κ2) is 8.38. The van der Waals surface area contributed by atoms with E-state index in [4.69, 9.17) is 4.98 Å². The zero-order chi connectivity index (χ0) is 24.8. The second-order valence-corrected chi connectivity index (χ2v) is 8.83. The molecule has 6 rings (SSSR count). The van der Waals surface area contributed by atoms with Crippen LogP contribution in [-0.4, -0.2) is 50.6 Å². The Morgan fingerprint density at radius 1 is 1.06 bits per heavy atom. The number of aromatic nitrogens is 9. The van der Waals surface area contributed by atoms with Crippen molar-refractivity contribution in [2.24, 2.45) is 5.92 Å². The first-order valence-electron chi connectivity index (χ1n) is 11.4. The van der Waals surface area contributed by atoms with E-state index in [1.54, 1.807) is 31.1 Å². The Labute approximate surface area is 205 Å². The summed E-state index contributed by atoms with van der Waals surface area (Å²) in [4.78, 5) is 37.8. The van der Waals surface area contributed by atoms with Crippen molar-refractivity contribution in [3.63, 3.8) is 0 Å². The van der Waals surface area contributed by atoms with Crippen LogP contribution in [0.3, 0.4) is 0 Å². The van der Waals surface area contributed by atoms with Crippen molar-refractivity contribution in [2.45, 2.75) is 20.8 Å². The van der Waals surface area contributed by atoms with E-state index in [1.807, 2.05) is 49.7 Å². The molecule has 0 saturated heterocycles. The number of carbonyl (C=O) groups is 1. The predicted molar refractivity (Wildman–Crippen MR) is 135 cm³/mol. The first-order chi connectivity index (χ1) is 17.5. The van der Waals surface area contributed by atoms with Crippen molar-refractivity contribution in [1.29, 1.82) is 0 Å². The van der Waals surface area contributed by atoms with Gasteiger partial charge in [-0.05, 0) is 25.1 Å². The summed E-state index contributed by atoms with van der Waals surface area (Å²) in [6.07, 6.45) is 10.5. The van der Waals surface area contributed by atoms with E-state index in [0.717, 1.165) is 27.9 Å². The van der Waals surface area contributed by atoms with Gasteiger partial charge in [-0.1, -0.05) is 13.8 Å². The zero-order valence-electron chi connectivity index (χ0n) is 19.8. The van der Waals surface area contributed by atoms with Crippen LogP contribution in [0, 0.1) is 12.8 Å². The van der Waals surface area contributed by atoms with E-state index in [9.17, 15) is 4.79 Å². The molecule has 6 aromatic heterocycles. The van der Waals surface area contributed by atoms with Crippen LogP contribution in [0.2, 0.25) is 0 Å². The Morgan fingerprint density at radius 3 is 2.72 bits per heavy atom. The Kier molecular flexibility index (Phi) is 5.03. The lowest BCUT2D eigenvalue weighted by Crippen LogP contribution is -2.17. The number of amides is 1. The van der Waals surface area contributed by atoms with Crippen LogP contribution >= 0.6 is 0 Å². The summed E-state index contributed by atoms with van der Waals surface area (Å²) in [7, 11) is 0. The van der Waals surface area contributed by atoms with E-state index in [-0.39, 0.29) is 11.8 Å². The van der Waals surface area contributed by atoms with E-state index in [2.05, 4.69) is 40.4 Å². The number of nitrogens with one attached hydrogen (secondary N) is 3. The van der Waals surface area contributed by atoms with Crippen LogP contribution in [-0.2, 0) is 4.79 Å². The summed E-state index contributed by atoms with van der Waals surface area (Å²) < 4.78 is 1.92. The first-order valence-corrected chi connectivity index (χ1v) is 11.4. The number of rotatable bonds is 5. The number of aromatic amines is 2. The molecule has 1 amide bonds. The molecule has 0 aliphatic rings. The van der Waals surface area contributed by atoms with Crippen molar-refractivity contribution in [1.82, 2.24) is 44.7 Å². The maximum absolute atomic E-state index is 12.1. The van der Waals surface area contributed by atoms with Crippen LogP contribution in [0.5, 0.6) is 0 Å². The van der Waals surface area contributed by atoms with Crippen LogP contribution in [0.4, 0.5) is 5.69 Å². The number of hydrogen-bond donors (Lipinski definition) is 3. The normalized spacial score (nSPS) is 11.6. The molecule has 0 aliphatic heterocycles. The maximum atomic E-state index is 12.1. The van der Waals surface area contributed by atoms with Crippen LogP contribution in [0.25, 0.3) is 50.5 Å². The first kappa shape index (κ1) is 21.6. The number of carbonyl (C=O) groups excluding carboxylic acids is 1. The summed E-state index contributed by atoms with van der Waals surface area (Å²) in [6, 6.07) is 5.75. The summed E-state index contributed by atoms with van der Waals surface area (Å²) in [5, 5.41) is 11.1. The molecule has 6 heterocycles. The average Bonchev–Trinajstić information content (AvgIpc) is 3.61. The van der Waals surface area contributed by atoms with Gasteiger partial charge in [0, 0.05) is 41.8 Å². The zero-order valence-corrected chi connectivity index (χ0v) is 19.8. The fraction of sp³-hybridized carbons (Fsp3) is 0.160. The molecule has 0 radical (unpaired) electrons. The van der Waals surface area contributed by atoms with E-state index < -0.39 is 0 Å². The van der Waals surface area contributed by atoms with E-state index in [1.165, 1.54) is 0 Å². The molecule has 0 saturated carbocycles. The molecule has 6 aromatic rings. The van der Waals surface area contributed by atoms with Gasteiger partial charge < -0.3 is 14.9 Å². The Bertz CT molecular complexity index is 1740. The maximum Gasteiger partial charge on any atom is 0.226 e. The van der Waals surface area contributed by atoms with Gasteiger partial charge in [-0.2, -0.15) is 5.10 Å². The Hall–Kier alpha value is -4.93. The van der Waals surface area contributed by atoms with Crippen LogP contribution in [0.15, 0.2) is 55.5 Å². The lowest BCUT2D eigenvalue weighted by atomic mass is 10.1. The minimum absolute atomic E-state index is 0.0663. The minimum Gasteiger partial charge on any atom is -0.324 e. The molecule has 0 atom stereocenters. The minimum atomic E-state index is -0.128. The highest BCUT2D eigenvalue weighted by Gasteiger charge is 2.17. The van der Waals surface area contributed by atoms with Gasteiger partial charge in [0.2, 0.25) is 5.91 Å². The molecular formula is C25H22N10O. The molecule has 3 N–H and O–H groups in total. The molecule has 0 aliphatic carbocycles. The van der Waals surface area contributed by atoms with Crippen molar-refractivity contribution >= 4 is 33.8 Å². The summed E-state index contributed by atoms with van der Waals surface area (Å²) in [6.45, 7) is 5.63.